The summed E-state index contributed by atoms with van der Waals surface area (Å²) in [5.41, 5.74) is 2.49. The van der Waals surface area contributed by atoms with E-state index in [0.29, 0.717) is 0 Å². The predicted octanol–water partition coefficient (Wildman–Crippen LogP) is 3.23. The van der Waals surface area contributed by atoms with E-state index >= 15 is 0 Å². The van der Waals surface area contributed by atoms with Crippen molar-refractivity contribution in [2.75, 3.05) is 45.2 Å². The number of piperidine rings is 1. The van der Waals surface area contributed by atoms with Crippen LogP contribution >= 0.6 is 11.6 Å². The van der Waals surface area contributed by atoms with Crippen molar-refractivity contribution in [2.45, 2.75) is 26.3 Å². The molecule has 0 saturated carbocycles. The maximum absolute atomic E-state index is 6.47. The van der Waals surface area contributed by atoms with Gasteiger partial charge in [-0.15, -0.1) is 0 Å². The molecule has 0 bridgehead atoms. The molecule has 0 amide bonds. The van der Waals surface area contributed by atoms with Crippen LogP contribution in [0, 0.1) is 5.92 Å². The molecule has 4 heteroatoms. The van der Waals surface area contributed by atoms with Crippen LogP contribution in [0.2, 0.25) is 5.02 Å². The average Bonchev–Trinajstić information content (AvgIpc) is 2.47. The van der Waals surface area contributed by atoms with Crippen molar-refractivity contribution >= 4 is 17.3 Å². The Kier molecular flexibility index (Phi) is 6.34. The number of hydrogen-bond donors (Lipinski definition) is 1. The summed E-state index contributed by atoms with van der Waals surface area (Å²) in [5, 5.41) is 4.27. The first-order valence-corrected chi connectivity index (χ1v) is 8.37. The standard InChI is InChI=1S/C17H28ClN3/c1-4-19-12-15-6-5-7-16(18)17(15)21(3)13-14-8-10-20(2)11-9-14/h5-7,14,19H,4,8-13H2,1-3H3. The first-order chi connectivity index (χ1) is 10.1. The highest BCUT2D eigenvalue weighted by Gasteiger charge is 2.20. The number of benzene rings is 1. The van der Waals surface area contributed by atoms with Gasteiger partial charge in [-0.25, -0.2) is 0 Å². The van der Waals surface area contributed by atoms with E-state index in [2.05, 4.69) is 42.2 Å². The molecule has 1 N–H and O–H groups in total. The number of nitrogens with one attached hydrogen (secondary N) is 1. The van der Waals surface area contributed by atoms with Crippen molar-refractivity contribution in [1.82, 2.24) is 10.2 Å². The summed E-state index contributed by atoms with van der Waals surface area (Å²) in [5.74, 6) is 0.773. The highest BCUT2D eigenvalue weighted by atomic mass is 35.5. The van der Waals surface area contributed by atoms with Gasteiger partial charge >= 0.3 is 0 Å². The smallest absolute Gasteiger partial charge is 0.0642 e. The number of para-hydroxylation sites is 1. The van der Waals surface area contributed by atoms with Crippen LogP contribution in [-0.4, -0.2) is 45.2 Å². The van der Waals surface area contributed by atoms with Gasteiger partial charge in [0, 0.05) is 20.1 Å². The Morgan fingerprint density at radius 3 is 2.71 bits per heavy atom. The van der Waals surface area contributed by atoms with E-state index in [1.807, 2.05) is 12.1 Å². The van der Waals surface area contributed by atoms with Crippen LogP contribution in [0.4, 0.5) is 5.69 Å². The zero-order valence-corrected chi connectivity index (χ0v) is 14.3. The molecule has 0 radical (unpaired) electrons. The van der Waals surface area contributed by atoms with Gasteiger partial charge in [-0.1, -0.05) is 30.7 Å². The van der Waals surface area contributed by atoms with E-state index in [1.54, 1.807) is 0 Å². The zero-order valence-electron chi connectivity index (χ0n) is 13.5. The first-order valence-electron chi connectivity index (χ1n) is 7.99. The molecule has 1 aliphatic rings. The molecule has 0 spiro atoms. The fraction of sp³-hybridized carbons (Fsp3) is 0.647. The SMILES string of the molecule is CCNCc1cccc(Cl)c1N(C)CC1CCN(C)CC1. The number of rotatable bonds is 6. The van der Waals surface area contributed by atoms with E-state index in [9.17, 15) is 0 Å². The molecular formula is C17H28ClN3. The monoisotopic (exact) mass is 309 g/mol. The Balaban J connectivity index is 2.05. The molecule has 0 aliphatic carbocycles. The van der Waals surface area contributed by atoms with Gasteiger partial charge in [-0.05, 0) is 57.1 Å². The first kappa shape index (κ1) is 16.6. The summed E-state index contributed by atoms with van der Waals surface area (Å²) in [6.45, 7) is 7.51. The third-order valence-electron chi connectivity index (χ3n) is 4.39. The van der Waals surface area contributed by atoms with Crippen molar-refractivity contribution in [2.24, 2.45) is 5.92 Å². The van der Waals surface area contributed by atoms with Crippen LogP contribution < -0.4 is 10.2 Å². The molecular weight excluding hydrogens is 282 g/mol. The lowest BCUT2D eigenvalue weighted by Crippen LogP contribution is -2.36. The Morgan fingerprint density at radius 1 is 1.33 bits per heavy atom. The number of nitrogens with zero attached hydrogens (tertiary/aromatic N) is 2. The maximum Gasteiger partial charge on any atom is 0.0642 e. The molecule has 0 aromatic heterocycles. The van der Waals surface area contributed by atoms with Gasteiger partial charge in [-0.3, -0.25) is 0 Å². The number of hydrogen-bond acceptors (Lipinski definition) is 3. The van der Waals surface area contributed by atoms with Crippen LogP contribution in [-0.2, 0) is 6.54 Å². The molecule has 118 valence electrons. The minimum atomic E-state index is 0.773. The Morgan fingerprint density at radius 2 is 2.05 bits per heavy atom. The molecule has 21 heavy (non-hydrogen) atoms. The van der Waals surface area contributed by atoms with Gasteiger partial charge in [-0.2, -0.15) is 0 Å². The molecule has 0 atom stereocenters. The van der Waals surface area contributed by atoms with Gasteiger partial charge in [0.15, 0.2) is 0 Å². The Labute approximate surface area is 134 Å². The molecule has 1 aromatic carbocycles. The lowest BCUT2D eigenvalue weighted by Gasteiger charge is -2.33. The Bertz CT molecular complexity index is 442. The number of likely N-dealkylation sites (tertiary alicyclic amines) is 1. The number of anilines is 1. The van der Waals surface area contributed by atoms with Crippen molar-refractivity contribution in [3.05, 3.63) is 28.8 Å². The topological polar surface area (TPSA) is 18.5 Å². The van der Waals surface area contributed by atoms with Gasteiger partial charge in [0.1, 0.15) is 0 Å². The van der Waals surface area contributed by atoms with Crippen LogP contribution in [0.15, 0.2) is 18.2 Å². The quantitative estimate of drug-likeness (QED) is 0.870. The summed E-state index contributed by atoms with van der Waals surface area (Å²) in [7, 11) is 4.39. The lowest BCUT2D eigenvalue weighted by atomic mass is 9.96. The van der Waals surface area contributed by atoms with Crippen molar-refractivity contribution in [3.8, 4) is 0 Å². The average molecular weight is 310 g/mol. The molecule has 1 heterocycles. The van der Waals surface area contributed by atoms with Crippen molar-refractivity contribution < 1.29 is 0 Å². The van der Waals surface area contributed by atoms with E-state index < -0.39 is 0 Å². The minimum absolute atomic E-state index is 0.773. The molecule has 1 aliphatic heterocycles. The van der Waals surface area contributed by atoms with Crippen molar-refractivity contribution in [1.29, 1.82) is 0 Å². The molecule has 3 nitrogen and oxygen atoms in total. The highest BCUT2D eigenvalue weighted by Crippen LogP contribution is 2.30. The summed E-state index contributed by atoms with van der Waals surface area (Å²) in [6.07, 6.45) is 2.57. The summed E-state index contributed by atoms with van der Waals surface area (Å²) < 4.78 is 0. The summed E-state index contributed by atoms with van der Waals surface area (Å²) in [6, 6.07) is 6.22. The molecule has 0 unspecified atom stereocenters. The van der Waals surface area contributed by atoms with Gasteiger partial charge in [0.2, 0.25) is 0 Å². The second-order valence-electron chi connectivity index (χ2n) is 6.16. The van der Waals surface area contributed by atoms with Gasteiger partial charge in [0.25, 0.3) is 0 Å². The van der Waals surface area contributed by atoms with Crippen LogP contribution in [0.1, 0.15) is 25.3 Å². The second-order valence-corrected chi connectivity index (χ2v) is 6.56. The fourth-order valence-corrected chi connectivity index (χ4v) is 3.45. The van der Waals surface area contributed by atoms with Crippen LogP contribution in [0.25, 0.3) is 0 Å². The third kappa shape index (κ3) is 4.60. The van der Waals surface area contributed by atoms with Gasteiger partial charge in [0.05, 0.1) is 10.7 Å². The van der Waals surface area contributed by atoms with Crippen LogP contribution in [0.3, 0.4) is 0 Å². The second kappa shape index (κ2) is 8.02. The predicted molar refractivity (Wildman–Crippen MR) is 92.3 cm³/mol. The van der Waals surface area contributed by atoms with E-state index in [4.69, 9.17) is 11.6 Å². The zero-order chi connectivity index (χ0) is 15.2. The molecule has 1 fully saturated rings. The number of halogens is 1. The maximum atomic E-state index is 6.47. The van der Waals surface area contributed by atoms with Crippen LogP contribution in [0.5, 0.6) is 0 Å². The largest absolute Gasteiger partial charge is 0.373 e. The summed E-state index contributed by atoms with van der Waals surface area (Å²) in [4.78, 5) is 4.77. The third-order valence-corrected chi connectivity index (χ3v) is 4.69. The molecule has 1 aromatic rings. The fourth-order valence-electron chi connectivity index (χ4n) is 3.11. The summed E-state index contributed by atoms with van der Waals surface area (Å²) >= 11 is 6.47. The van der Waals surface area contributed by atoms with Crippen molar-refractivity contribution in [3.63, 3.8) is 0 Å². The van der Waals surface area contributed by atoms with E-state index in [-0.39, 0.29) is 0 Å². The van der Waals surface area contributed by atoms with E-state index in [0.717, 1.165) is 30.6 Å². The van der Waals surface area contributed by atoms with Gasteiger partial charge < -0.3 is 15.1 Å². The minimum Gasteiger partial charge on any atom is -0.373 e. The molecule has 2 rings (SSSR count). The lowest BCUT2D eigenvalue weighted by molar-refractivity contribution is 0.222. The van der Waals surface area contributed by atoms with E-state index in [1.165, 1.54) is 37.2 Å². The normalized spacial score (nSPS) is 17.1. The Hall–Kier alpha value is -0.770. The molecule has 1 saturated heterocycles. The highest BCUT2D eigenvalue weighted by molar-refractivity contribution is 6.33.